The molecule has 1 N–H and O–H groups in total. The molecule has 0 amide bonds. The van der Waals surface area contributed by atoms with Gasteiger partial charge in [-0.25, -0.2) is 4.21 Å². The highest BCUT2D eigenvalue weighted by molar-refractivity contribution is 7.79. The molecule has 0 fully saturated rings. The fraction of sp³-hybridized carbons (Fsp3) is 1.00. The van der Waals surface area contributed by atoms with Crippen LogP contribution in [0, 0.1) is 5.92 Å². The summed E-state index contributed by atoms with van der Waals surface area (Å²) in [6.07, 6.45) is 2.83. The van der Waals surface area contributed by atoms with E-state index in [-0.39, 0.29) is 5.25 Å². The third-order valence-corrected chi connectivity index (χ3v) is 3.33. The first-order valence-electron chi connectivity index (χ1n) is 4.23. The predicted octanol–water partition coefficient (Wildman–Crippen LogP) is 2.42. The topological polar surface area (TPSA) is 37.3 Å². The molecule has 0 heterocycles. The Bertz CT molecular complexity index is 125. The molecule has 0 aliphatic carbocycles. The van der Waals surface area contributed by atoms with Gasteiger partial charge in [0, 0.05) is 0 Å². The first kappa shape index (κ1) is 11.1. The molecule has 0 aromatic heterocycles. The summed E-state index contributed by atoms with van der Waals surface area (Å²) in [6, 6.07) is 0. The number of hydrogen-bond acceptors (Lipinski definition) is 1. The van der Waals surface area contributed by atoms with Gasteiger partial charge in [0.2, 0.25) is 0 Å². The minimum atomic E-state index is -1.63. The van der Waals surface area contributed by atoms with Crippen molar-refractivity contribution >= 4 is 11.1 Å². The van der Waals surface area contributed by atoms with Crippen LogP contribution < -0.4 is 0 Å². The van der Waals surface area contributed by atoms with Gasteiger partial charge in [-0.05, 0) is 12.3 Å². The molecule has 0 spiro atoms. The van der Waals surface area contributed by atoms with Crippen LogP contribution in [0.3, 0.4) is 0 Å². The molecule has 11 heavy (non-hydrogen) atoms. The molecule has 3 unspecified atom stereocenters. The summed E-state index contributed by atoms with van der Waals surface area (Å²) in [7, 11) is 0. The van der Waals surface area contributed by atoms with Gasteiger partial charge in [0.15, 0.2) is 11.1 Å². The van der Waals surface area contributed by atoms with Crippen molar-refractivity contribution in [1.29, 1.82) is 0 Å². The summed E-state index contributed by atoms with van der Waals surface area (Å²) in [4.78, 5) is 0. The maximum Gasteiger partial charge on any atom is 0.156 e. The Morgan fingerprint density at radius 3 is 2.27 bits per heavy atom. The second-order valence-corrected chi connectivity index (χ2v) is 4.15. The highest BCUT2D eigenvalue weighted by Gasteiger charge is 2.19. The van der Waals surface area contributed by atoms with E-state index in [1.807, 2.05) is 13.8 Å². The van der Waals surface area contributed by atoms with E-state index in [4.69, 9.17) is 4.55 Å². The van der Waals surface area contributed by atoms with Crippen LogP contribution in [0.5, 0.6) is 0 Å². The molecule has 0 saturated heterocycles. The second kappa shape index (κ2) is 5.72. The van der Waals surface area contributed by atoms with Gasteiger partial charge in [0.25, 0.3) is 0 Å². The molecule has 0 aromatic carbocycles. The fourth-order valence-corrected chi connectivity index (χ4v) is 2.16. The molecular weight excluding hydrogens is 160 g/mol. The average molecular weight is 178 g/mol. The van der Waals surface area contributed by atoms with E-state index < -0.39 is 11.1 Å². The Morgan fingerprint density at radius 1 is 1.45 bits per heavy atom. The van der Waals surface area contributed by atoms with Crippen LogP contribution in [0.15, 0.2) is 0 Å². The van der Waals surface area contributed by atoms with Crippen molar-refractivity contribution in [3.05, 3.63) is 0 Å². The quantitative estimate of drug-likeness (QED) is 0.656. The maximum atomic E-state index is 10.8. The summed E-state index contributed by atoms with van der Waals surface area (Å²) in [5, 5.41) is -0.0231. The normalized spacial score (nSPS) is 19.3. The average Bonchev–Trinajstić information content (AvgIpc) is 1.98. The molecule has 0 bridgehead atoms. The van der Waals surface area contributed by atoms with Crippen molar-refractivity contribution in [3.63, 3.8) is 0 Å². The van der Waals surface area contributed by atoms with E-state index >= 15 is 0 Å². The standard InChI is InChI=1S/C8H18O2S/c1-4-6-8(11(9)10)7(3)5-2/h7-8H,4-6H2,1-3H3,(H,9,10). The Morgan fingerprint density at radius 2 is 2.00 bits per heavy atom. The molecule has 68 valence electrons. The molecule has 0 aromatic rings. The summed E-state index contributed by atoms with van der Waals surface area (Å²) in [5.74, 6) is 0.362. The lowest BCUT2D eigenvalue weighted by Crippen LogP contribution is -2.22. The summed E-state index contributed by atoms with van der Waals surface area (Å²) >= 11 is -1.63. The predicted molar refractivity (Wildman–Crippen MR) is 48.9 cm³/mol. The van der Waals surface area contributed by atoms with Crippen LogP contribution >= 0.6 is 0 Å². The third kappa shape index (κ3) is 3.87. The smallest absolute Gasteiger partial charge is 0.156 e. The minimum Gasteiger partial charge on any atom is -0.306 e. The van der Waals surface area contributed by atoms with Gasteiger partial charge < -0.3 is 4.55 Å². The van der Waals surface area contributed by atoms with Gasteiger partial charge >= 0.3 is 0 Å². The van der Waals surface area contributed by atoms with E-state index in [9.17, 15) is 4.21 Å². The van der Waals surface area contributed by atoms with Crippen LogP contribution in [0.1, 0.15) is 40.0 Å². The SMILES string of the molecule is CCCC(C(C)CC)S(=O)O. The van der Waals surface area contributed by atoms with Gasteiger partial charge in [0.05, 0.1) is 5.25 Å². The molecule has 3 heteroatoms. The molecule has 0 aliphatic heterocycles. The first-order valence-corrected chi connectivity index (χ1v) is 5.40. The van der Waals surface area contributed by atoms with Crippen molar-refractivity contribution in [2.75, 3.05) is 0 Å². The van der Waals surface area contributed by atoms with Gasteiger partial charge in [0.1, 0.15) is 0 Å². The number of hydrogen-bond donors (Lipinski definition) is 1. The Balaban J connectivity index is 3.97. The zero-order chi connectivity index (χ0) is 8.85. The zero-order valence-electron chi connectivity index (χ0n) is 7.54. The van der Waals surface area contributed by atoms with Crippen molar-refractivity contribution in [1.82, 2.24) is 0 Å². The lowest BCUT2D eigenvalue weighted by atomic mass is 10.0. The molecular formula is C8H18O2S. The van der Waals surface area contributed by atoms with Crippen LogP contribution in [0.4, 0.5) is 0 Å². The highest BCUT2D eigenvalue weighted by atomic mass is 32.2. The van der Waals surface area contributed by atoms with Crippen LogP contribution in [-0.2, 0) is 11.1 Å². The van der Waals surface area contributed by atoms with Crippen molar-refractivity contribution < 1.29 is 8.76 Å². The first-order chi connectivity index (χ1) is 5.13. The lowest BCUT2D eigenvalue weighted by molar-refractivity contribution is 0.458. The van der Waals surface area contributed by atoms with Crippen molar-refractivity contribution in [2.45, 2.75) is 45.3 Å². The highest BCUT2D eigenvalue weighted by Crippen LogP contribution is 2.17. The lowest BCUT2D eigenvalue weighted by Gasteiger charge is -2.17. The van der Waals surface area contributed by atoms with Gasteiger partial charge in [-0.1, -0.05) is 33.6 Å². The van der Waals surface area contributed by atoms with Crippen LogP contribution in [-0.4, -0.2) is 14.0 Å². The van der Waals surface area contributed by atoms with Crippen molar-refractivity contribution in [2.24, 2.45) is 5.92 Å². The third-order valence-electron chi connectivity index (χ3n) is 2.11. The van der Waals surface area contributed by atoms with E-state index in [1.165, 1.54) is 0 Å². The molecule has 3 atom stereocenters. The summed E-state index contributed by atoms with van der Waals surface area (Å²) in [5.41, 5.74) is 0. The van der Waals surface area contributed by atoms with Crippen LogP contribution in [0.2, 0.25) is 0 Å². The molecule has 0 radical (unpaired) electrons. The molecule has 2 nitrogen and oxygen atoms in total. The van der Waals surface area contributed by atoms with Crippen molar-refractivity contribution in [3.8, 4) is 0 Å². The fourth-order valence-electron chi connectivity index (χ4n) is 1.13. The largest absolute Gasteiger partial charge is 0.306 e. The van der Waals surface area contributed by atoms with E-state index in [1.54, 1.807) is 0 Å². The van der Waals surface area contributed by atoms with Gasteiger partial charge in [-0.3, -0.25) is 0 Å². The number of rotatable bonds is 5. The Hall–Kier alpha value is 0.110. The minimum absolute atomic E-state index is 0.0231. The van der Waals surface area contributed by atoms with E-state index in [0.29, 0.717) is 5.92 Å². The van der Waals surface area contributed by atoms with E-state index in [0.717, 1.165) is 19.3 Å². The molecule has 0 rings (SSSR count). The Kier molecular flexibility index (Phi) is 5.78. The van der Waals surface area contributed by atoms with Crippen LogP contribution in [0.25, 0.3) is 0 Å². The van der Waals surface area contributed by atoms with Gasteiger partial charge in [-0.15, -0.1) is 0 Å². The van der Waals surface area contributed by atoms with E-state index in [2.05, 4.69) is 6.92 Å². The van der Waals surface area contributed by atoms with Gasteiger partial charge in [-0.2, -0.15) is 0 Å². The monoisotopic (exact) mass is 178 g/mol. The maximum absolute atomic E-state index is 10.8. The Labute approximate surface area is 71.7 Å². The summed E-state index contributed by atoms with van der Waals surface area (Å²) < 4.78 is 19.7. The molecule has 0 saturated carbocycles. The zero-order valence-corrected chi connectivity index (χ0v) is 8.36. The summed E-state index contributed by atoms with van der Waals surface area (Å²) in [6.45, 7) is 6.14. The molecule has 0 aliphatic rings. The second-order valence-electron chi connectivity index (χ2n) is 2.99.